The van der Waals surface area contributed by atoms with Crippen molar-refractivity contribution < 1.29 is 14.3 Å². The molecule has 35 heavy (non-hydrogen) atoms. The van der Waals surface area contributed by atoms with Gasteiger partial charge >= 0.3 is 6.09 Å². The van der Waals surface area contributed by atoms with E-state index in [0.717, 1.165) is 37.2 Å². The predicted octanol–water partition coefficient (Wildman–Crippen LogP) is 3.91. The lowest BCUT2D eigenvalue weighted by molar-refractivity contribution is -0.133. The normalized spacial score (nSPS) is 14.5. The second kappa shape index (κ2) is 12.2. The van der Waals surface area contributed by atoms with Gasteiger partial charge in [-0.1, -0.05) is 60.7 Å². The Morgan fingerprint density at radius 1 is 0.886 bits per heavy atom. The molecule has 0 saturated carbocycles. The number of benzene rings is 3. The minimum atomic E-state index is -0.614. The van der Waals surface area contributed by atoms with Crippen molar-refractivity contribution in [1.29, 1.82) is 0 Å². The number of fused-ring (bicyclic) bond motifs is 1. The highest BCUT2D eigenvalue weighted by Crippen LogP contribution is 2.23. The Morgan fingerprint density at radius 2 is 1.60 bits per heavy atom. The number of alkyl carbamates (subject to hydrolysis) is 1. The molecule has 3 aromatic rings. The van der Waals surface area contributed by atoms with Crippen LogP contribution < -0.4 is 16.0 Å². The van der Waals surface area contributed by atoms with Crippen LogP contribution >= 0.6 is 0 Å². The summed E-state index contributed by atoms with van der Waals surface area (Å²) in [6.45, 7) is 3.44. The van der Waals surface area contributed by atoms with Crippen LogP contribution in [0.4, 0.5) is 10.5 Å². The summed E-state index contributed by atoms with van der Waals surface area (Å²) in [7, 11) is 0. The van der Waals surface area contributed by atoms with Gasteiger partial charge in [0.25, 0.3) is 0 Å². The van der Waals surface area contributed by atoms with E-state index in [4.69, 9.17) is 10.5 Å². The van der Waals surface area contributed by atoms with E-state index in [1.165, 1.54) is 10.8 Å². The first kappa shape index (κ1) is 24.5. The summed E-state index contributed by atoms with van der Waals surface area (Å²) in [6, 6.07) is 23.7. The zero-order valence-electron chi connectivity index (χ0n) is 20.1. The second-order valence-electron chi connectivity index (χ2n) is 8.89. The molecule has 1 aliphatic rings. The van der Waals surface area contributed by atoms with Crippen LogP contribution in [-0.4, -0.2) is 55.7 Å². The summed E-state index contributed by atoms with van der Waals surface area (Å²) >= 11 is 0. The summed E-state index contributed by atoms with van der Waals surface area (Å²) in [6.07, 6.45) is 1.54. The summed E-state index contributed by atoms with van der Waals surface area (Å²) in [4.78, 5) is 29.9. The van der Waals surface area contributed by atoms with Gasteiger partial charge in [0, 0.05) is 31.9 Å². The van der Waals surface area contributed by atoms with Gasteiger partial charge in [-0.15, -0.1) is 0 Å². The van der Waals surface area contributed by atoms with E-state index >= 15 is 0 Å². The highest BCUT2D eigenvalue weighted by molar-refractivity contribution is 5.87. The lowest BCUT2D eigenvalue weighted by Gasteiger charge is -2.37. The molecule has 0 aromatic heterocycles. The van der Waals surface area contributed by atoms with Gasteiger partial charge in [0.05, 0.1) is 0 Å². The summed E-state index contributed by atoms with van der Waals surface area (Å²) < 4.78 is 5.36. The molecular weight excluding hydrogens is 440 g/mol. The van der Waals surface area contributed by atoms with Crippen LogP contribution in [0.15, 0.2) is 72.8 Å². The number of ether oxygens (including phenoxy) is 1. The number of piperazine rings is 1. The largest absolute Gasteiger partial charge is 0.445 e. The van der Waals surface area contributed by atoms with Crippen molar-refractivity contribution in [3.05, 3.63) is 78.4 Å². The first-order valence-electron chi connectivity index (χ1n) is 12.3. The summed E-state index contributed by atoms with van der Waals surface area (Å²) in [5.74, 6) is -0.0585. The van der Waals surface area contributed by atoms with E-state index in [1.54, 1.807) is 0 Å². The molecule has 0 radical (unpaired) electrons. The number of unbranched alkanes of at least 4 members (excludes halogenated alkanes) is 1. The Bertz CT molecular complexity index is 1110. The number of nitrogens with zero attached hydrogens (tertiary/aromatic N) is 2. The highest BCUT2D eigenvalue weighted by Gasteiger charge is 2.29. The van der Waals surface area contributed by atoms with Gasteiger partial charge in [0.15, 0.2) is 0 Å². The monoisotopic (exact) mass is 474 g/mol. The number of hydrogen-bond donors (Lipinski definition) is 2. The third-order valence-corrected chi connectivity index (χ3v) is 6.44. The number of amides is 2. The molecule has 3 aromatic carbocycles. The third kappa shape index (κ3) is 6.73. The van der Waals surface area contributed by atoms with E-state index < -0.39 is 12.1 Å². The van der Waals surface area contributed by atoms with Crippen LogP contribution in [0.2, 0.25) is 0 Å². The molecule has 1 atom stereocenters. The Hall–Kier alpha value is -3.58. The van der Waals surface area contributed by atoms with E-state index in [-0.39, 0.29) is 12.5 Å². The molecule has 0 unspecified atom stereocenters. The molecule has 7 nitrogen and oxygen atoms in total. The average Bonchev–Trinajstić information content (AvgIpc) is 2.91. The van der Waals surface area contributed by atoms with Crippen molar-refractivity contribution >= 4 is 28.5 Å². The first-order chi connectivity index (χ1) is 17.1. The van der Waals surface area contributed by atoms with Crippen LogP contribution in [0, 0.1) is 0 Å². The molecule has 0 bridgehead atoms. The van der Waals surface area contributed by atoms with E-state index in [1.807, 2.05) is 47.4 Å². The molecule has 4 rings (SSSR count). The number of carbonyl (C=O) groups is 2. The number of anilines is 1. The molecule has 1 saturated heterocycles. The molecule has 0 aliphatic carbocycles. The zero-order valence-corrected chi connectivity index (χ0v) is 20.1. The van der Waals surface area contributed by atoms with Gasteiger partial charge in [-0.25, -0.2) is 4.79 Å². The minimum absolute atomic E-state index is 0.0585. The fraction of sp³-hybridized carbons (Fsp3) is 0.357. The number of rotatable bonds is 9. The Kier molecular flexibility index (Phi) is 8.57. The Labute approximate surface area is 206 Å². The molecule has 3 N–H and O–H groups in total. The van der Waals surface area contributed by atoms with E-state index in [0.29, 0.717) is 26.1 Å². The number of hydrogen-bond acceptors (Lipinski definition) is 5. The van der Waals surface area contributed by atoms with Crippen LogP contribution in [0.1, 0.15) is 24.8 Å². The topological polar surface area (TPSA) is 87.9 Å². The number of nitrogens with one attached hydrogen (secondary N) is 1. The SMILES string of the molecule is NCCCC[C@H](NC(=O)OCc1ccccc1)C(=O)N1CCN(c2ccc3ccccc3c2)CC1. The van der Waals surface area contributed by atoms with Gasteiger partial charge in [-0.05, 0) is 54.3 Å². The maximum Gasteiger partial charge on any atom is 0.408 e. The first-order valence-corrected chi connectivity index (χ1v) is 12.3. The maximum absolute atomic E-state index is 13.3. The standard InChI is InChI=1S/C28H34N4O3/c29-15-7-6-12-26(30-28(34)35-21-22-8-2-1-3-9-22)27(33)32-18-16-31(17-19-32)25-14-13-23-10-4-5-11-24(23)20-25/h1-5,8-11,13-14,20,26H,6-7,12,15-19,21,29H2,(H,30,34)/t26-/m0/s1. The van der Waals surface area contributed by atoms with E-state index in [9.17, 15) is 9.59 Å². The van der Waals surface area contributed by atoms with Gasteiger partial charge in [-0.3, -0.25) is 4.79 Å². The molecule has 1 aliphatic heterocycles. The molecule has 184 valence electrons. The fourth-order valence-electron chi connectivity index (χ4n) is 4.44. The molecule has 7 heteroatoms. The lowest BCUT2D eigenvalue weighted by atomic mass is 10.1. The number of carbonyl (C=O) groups excluding carboxylic acids is 2. The molecular formula is C28H34N4O3. The molecule has 0 spiro atoms. The second-order valence-corrected chi connectivity index (χ2v) is 8.89. The average molecular weight is 475 g/mol. The molecule has 1 fully saturated rings. The van der Waals surface area contributed by atoms with Crippen molar-refractivity contribution in [3.63, 3.8) is 0 Å². The molecule has 2 amide bonds. The van der Waals surface area contributed by atoms with Gasteiger partial charge in [0.1, 0.15) is 12.6 Å². The fourth-order valence-corrected chi connectivity index (χ4v) is 4.44. The number of nitrogens with two attached hydrogens (primary N) is 1. The van der Waals surface area contributed by atoms with Gasteiger partial charge in [-0.2, -0.15) is 0 Å². The minimum Gasteiger partial charge on any atom is -0.445 e. The van der Waals surface area contributed by atoms with Crippen molar-refractivity contribution in [2.75, 3.05) is 37.6 Å². The van der Waals surface area contributed by atoms with Crippen LogP contribution in [0.25, 0.3) is 10.8 Å². The quantitative estimate of drug-likeness (QED) is 0.459. The summed E-state index contributed by atoms with van der Waals surface area (Å²) in [5.41, 5.74) is 7.71. The van der Waals surface area contributed by atoms with Crippen molar-refractivity contribution in [3.8, 4) is 0 Å². The smallest absolute Gasteiger partial charge is 0.408 e. The Balaban J connectivity index is 1.33. The summed E-state index contributed by atoms with van der Waals surface area (Å²) in [5, 5.41) is 5.23. The predicted molar refractivity (Wildman–Crippen MR) is 139 cm³/mol. The molecule has 1 heterocycles. The van der Waals surface area contributed by atoms with Crippen molar-refractivity contribution in [2.45, 2.75) is 31.9 Å². The van der Waals surface area contributed by atoms with Gasteiger partial charge < -0.3 is 25.6 Å². The highest BCUT2D eigenvalue weighted by atomic mass is 16.5. The van der Waals surface area contributed by atoms with Crippen LogP contribution in [0.3, 0.4) is 0 Å². The van der Waals surface area contributed by atoms with Crippen LogP contribution in [0.5, 0.6) is 0 Å². The zero-order chi connectivity index (χ0) is 24.5. The van der Waals surface area contributed by atoms with Crippen LogP contribution in [-0.2, 0) is 16.1 Å². The lowest BCUT2D eigenvalue weighted by Crippen LogP contribution is -2.55. The van der Waals surface area contributed by atoms with Gasteiger partial charge in [0.2, 0.25) is 5.91 Å². The third-order valence-electron chi connectivity index (χ3n) is 6.44. The van der Waals surface area contributed by atoms with E-state index in [2.05, 4.69) is 40.5 Å². The maximum atomic E-state index is 13.3. The van der Waals surface area contributed by atoms with Crippen molar-refractivity contribution in [1.82, 2.24) is 10.2 Å². The van der Waals surface area contributed by atoms with Crippen molar-refractivity contribution in [2.24, 2.45) is 5.73 Å². The Morgan fingerprint density at radius 3 is 2.34 bits per heavy atom.